The molecule has 16 heavy (non-hydrogen) atoms. The van der Waals surface area contributed by atoms with E-state index in [4.69, 9.17) is 5.11 Å². The third kappa shape index (κ3) is 3.07. The highest BCUT2D eigenvalue weighted by Crippen LogP contribution is 2.21. The average Bonchev–Trinajstić information content (AvgIpc) is 2.73. The molecule has 4 nitrogen and oxygen atoms in total. The first-order valence-corrected chi connectivity index (χ1v) is 7.27. The smallest absolute Gasteiger partial charge is 0.326 e. The summed E-state index contributed by atoms with van der Waals surface area (Å²) in [5.74, 6) is 0.0497. The predicted octanol–water partition coefficient (Wildman–Crippen LogP) is 0.971. The van der Waals surface area contributed by atoms with Gasteiger partial charge >= 0.3 is 5.97 Å². The van der Waals surface area contributed by atoms with Crippen molar-refractivity contribution in [3.8, 4) is 0 Å². The van der Waals surface area contributed by atoms with Crippen LogP contribution >= 0.6 is 24.4 Å². The van der Waals surface area contributed by atoms with Gasteiger partial charge in [-0.3, -0.25) is 4.79 Å². The normalized spacial score (nSPS) is 22.1. The first kappa shape index (κ1) is 13.7. The molecule has 1 saturated heterocycles. The van der Waals surface area contributed by atoms with Gasteiger partial charge < -0.3 is 10.0 Å². The molecule has 0 radical (unpaired) electrons. The number of thioether (sulfide) groups is 1. The van der Waals surface area contributed by atoms with Crippen LogP contribution in [0.4, 0.5) is 0 Å². The fourth-order valence-electron chi connectivity index (χ4n) is 1.93. The van der Waals surface area contributed by atoms with Crippen molar-refractivity contribution >= 4 is 36.3 Å². The molecule has 0 aliphatic carbocycles. The van der Waals surface area contributed by atoms with E-state index in [1.165, 1.54) is 4.90 Å². The number of carboxylic acid groups (broad SMARTS) is 1. The van der Waals surface area contributed by atoms with Crippen LogP contribution < -0.4 is 0 Å². The van der Waals surface area contributed by atoms with Gasteiger partial charge in [-0.1, -0.05) is 0 Å². The monoisotopic (exact) mass is 263 g/mol. The summed E-state index contributed by atoms with van der Waals surface area (Å²) in [6.07, 6.45) is 3.28. The van der Waals surface area contributed by atoms with Crippen LogP contribution in [0.5, 0.6) is 0 Å². The number of likely N-dealkylation sites (tertiary alicyclic amines) is 1. The SMILES string of the molecule is CSCC(CS)C(=O)N1CCC[C@H]1C(=O)O. The minimum atomic E-state index is -0.895. The molecule has 1 N–H and O–H groups in total. The van der Waals surface area contributed by atoms with E-state index in [0.717, 1.165) is 6.42 Å². The minimum Gasteiger partial charge on any atom is -0.480 e. The van der Waals surface area contributed by atoms with E-state index in [-0.39, 0.29) is 11.8 Å². The van der Waals surface area contributed by atoms with E-state index in [1.807, 2.05) is 6.26 Å². The van der Waals surface area contributed by atoms with Crippen molar-refractivity contribution in [3.63, 3.8) is 0 Å². The number of thiol groups is 1. The molecule has 2 atom stereocenters. The standard InChI is InChI=1S/C10H17NO3S2/c1-16-6-7(5-15)9(12)11-4-2-3-8(11)10(13)14/h7-8,15H,2-6H2,1H3,(H,13,14)/t7?,8-/m0/s1. The molecule has 0 aromatic rings. The summed E-state index contributed by atoms with van der Waals surface area (Å²) in [7, 11) is 0. The Morgan fingerprint density at radius 1 is 1.62 bits per heavy atom. The Morgan fingerprint density at radius 3 is 2.81 bits per heavy atom. The van der Waals surface area contributed by atoms with Crippen LogP contribution in [0.25, 0.3) is 0 Å². The Kier molecular flexibility index (Phi) is 5.48. The maximum absolute atomic E-state index is 12.1. The van der Waals surface area contributed by atoms with Crippen LogP contribution in [0.15, 0.2) is 0 Å². The lowest BCUT2D eigenvalue weighted by atomic mass is 10.1. The fourth-order valence-corrected chi connectivity index (χ4v) is 3.05. The summed E-state index contributed by atoms with van der Waals surface area (Å²) in [5.41, 5.74) is 0. The van der Waals surface area contributed by atoms with E-state index in [9.17, 15) is 9.59 Å². The van der Waals surface area contributed by atoms with Crippen molar-refractivity contribution in [3.05, 3.63) is 0 Å². The average molecular weight is 263 g/mol. The van der Waals surface area contributed by atoms with Gasteiger partial charge in [-0.15, -0.1) is 0 Å². The van der Waals surface area contributed by atoms with Gasteiger partial charge in [-0.25, -0.2) is 4.79 Å². The summed E-state index contributed by atoms with van der Waals surface area (Å²) < 4.78 is 0. The summed E-state index contributed by atoms with van der Waals surface area (Å²) in [6.45, 7) is 0.564. The summed E-state index contributed by atoms with van der Waals surface area (Å²) in [6, 6.07) is -0.628. The van der Waals surface area contributed by atoms with E-state index in [2.05, 4.69) is 12.6 Å². The van der Waals surface area contributed by atoms with Crippen LogP contribution in [0, 0.1) is 5.92 Å². The fraction of sp³-hybridized carbons (Fsp3) is 0.800. The van der Waals surface area contributed by atoms with Gasteiger partial charge in [0.15, 0.2) is 0 Å². The molecule has 1 rings (SSSR count). The minimum absolute atomic E-state index is 0.0609. The highest BCUT2D eigenvalue weighted by molar-refractivity contribution is 7.98. The van der Waals surface area contributed by atoms with Gasteiger partial charge in [0.1, 0.15) is 6.04 Å². The zero-order chi connectivity index (χ0) is 12.1. The van der Waals surface area contributed by atoms with Gasteiger partial charge in [-0.2, -0.15) is 24.4 Å². The summed E-state index contributed by atoms with van der Waals surface area (Å²) >= 11 is 5.74. The molecule has 0 saturated carbocycles. The molecule has 0 aromatic carbocycles. The van der Waals surface area contributed by atoms with E-state index >= 15 is 0 Å². The lowest BCUT2D eigenvalue weighted by Crippen LogP contribution is -2.44. The van der Waals surface area contributed by atoms with Crippen molar-refractivity contribution in [2.75, 3.05) is 24.3 Å². The molecular weight excluding hydrogens is 246 g/mol. The number of aliphatic carboxylic acids is 1. The van der Waals surface area contributed by atoms with Crippen molar-refractivity contribution in [2.24, 2.45) is 5.92 Å². The lowest BCUT2D eigenvalue weighted by Gasteiger charge is -2.25. The Balaban J connectivity index is 2.67. The second-order valence-electron chi connectivity index (χ2n) is 3.86. The maximum Gasteiger partial charge on any atom is 0.326 e. The number of hydrogen-bond donors (Lipinski definition) is 2. The Labute approximate surface area is 105 Å². The second kappa shape index (κ2) is 6.39. The third-order valence-electron chi connectivity index (χ3n) is 2.76. The Morgan fingerprint density at radius 2 is 2.31 bits per heavy atom. The van der Waals surface area contributed by atoms with E-state index < -0.39 is 12.0 Å². The zero-order valence-corrected chi connectivity index (χ0v) is 11.0. The van der Waals surface area contributed by atoms with Crippen LogP contribution in [-0.2, 0) is 9.59 Å². The molecule has 92 valence electrons. The van der Waals surface area contributed by atoms with Gasteiger partial charge in [-0.05, 0) is 19.1 Å². The topological polar surface area (TPSA) is 57.6 Å². The van der Waals surface area contributed by atoms with Crippen molar-refractivity contribution < 1.29 is 14.7 Å². The molecule has 0 bridgehead atoms. The first-order valence-electron chi connectivity index (χ1n) is 5.25. The molecule has 1 amide bonds. The van der Waals surface area contributed by atoms with Gasteiger partial charge in [0.05, 0.1) is 5.92 Å². The molecular formula is C10H17NO3S2. The van der Waals surface area contributed by atoms with Crippen LogP contribution in [0.1, 0.15) is 12.8 Å². The van der Waals surface area contributed by atoms with Crippen molar-refractivity contribution in [1.82, 2.24) is 4.90 Å². The number of nitrogens with zero attached hydrogens (tertiary/aromatic N) is 1. The molecule has 0 aromatic heterocycles. The van der Waals surface area contributed by atoms with E-state index in [0.29, 0.717) is 24.5 Å². The summed E-state index contributed by atoms with van der Waals surface area (Å²) in [4.78, 5) is 24.5. The Bertz CT molecular complexity index is 273. The number of rotatable bonds is 5. The quantitative estimate of drug-likeness (QED) is 0.726. The largest absolute Gasteiger partial charge is 0.480 e. The summed E-state index contributed by atoms with van der Waals surface area (Å²) in [5, 5.41) is 9.00. The number of hydrogen-bond acceptors (Lipinski definition) is 4. The molecule has 6 heteroatoms. The van der Waals surface area contributed by atoms with Gasteiger partial charge in [0.2, 0.25) is 5.91 Å². The molecule has 1 aliphatic heterocycles. The van der Waals surface area contributed by atoms with Gasteiger partial charge in [0.25, 0.3) is 0 Å². The van der Waals surface area contributed by atoms with Crippen LogP contribution in [0.2, 0.25) is 0 Å². The maximum atomic E-state index is 12.1. The van der Waals surface area contributed by atoms with E-state index in [1.54, 1.807) is 11.8 Å². The zero-order valence-electron chi connectivity index (χ0n) is 9.26. The number of amides is 1. The third-order valence-corrected chi connectivity index (χ3v) is 3.93. The van der Waals surface area contributed by atoms with Crippen LogP contribution in [0.3, 0.4) is 0 Å². The number of carbonyl (C=O) groups excluding carboxylic acids is 1. The number of carboxylic acids is 1. The van der Waals surface area contributed by atoms with Gasteiger partial charge in [0, 0.05) is 18.1 Å². The predicted molar refractivity (Wildman–Crippen MR) is 68.1 cm³/mol. The molecule has 1 fully saturated rings. The number of carbonyl (C=O) groups is 2. The molecule has 1 unspecified atom stereocenters. The van der Waals surface area contributed by atoms with Crippen LogP contribution in [-0.4, -0.2) is 52.2 Å². The highest BCUT2D eigenvalue weighted by Gasteiger charge is 2.36. The molecule has 1 heterocycles. The Hall–Kier alpha value is -0.360. The second-order valence-corrected chi connectivity index (χ2v) is 5.14. The highest BCUT2D eigenvalue weighted by atomic mass is 32.2. The van der Waals surface area contributed by atoms with Crippen molar-refractivity contribution in [1.29, 1.82) is 0 Å². The first-order chi connectivity index (χ1) is 7.61. The molecule has 1 aliphatic rings. The lowest BCUT2D eigenvalue weighted by molar-refractivity contribution is -0.149. The van der Waals surface area contributed by atoms with Crippen molar-refractivity contribution in [2.45, 2.75) is 18.9 Å². The molecule has 0 spiro atoms.